The van der Waals surface area contributed by atoms with Crippen molar-refractivity contribution < 1.29 is 4.74 Å². The van der Waals surface area contributed by atoms with Crippen LogP contribution in [0, 0.1) is 6.92 Å². The Morgan fingerprint density at radius 3 is 2.70 bits per heavy atom. The van der Waals surface area contributed by atoms with Gasteiger partial charge in [0.25, 0.3) is 0 Å². The average molecular weight is 342 g/mol. The van der Waals surface area contributed by atoms with Gasteiger partial charge in [-0.2, -0.15) is 4.98 Å². The molecular formula is C15H24BrN3O. The molecule has 0 aliphatic heterocycles. The first-order chi connectivity index (χ1) is 9.74. The molecule has 0 radical (unpaired) electrons. The zero-order valence-corrected chi connectivity index (χ0v) is 14.0. The Hall–Kier alpha value is -0.840. The van der Waals surface area contributed by atoms with Crippen LogP contribution >= 0.6 is 15.9 Å². The summed E-state index contributed by atoms with van der Waals surface area (Å²) in [6.45, 7) is 5.56. The van der Waals surface area contributed by atoms with Crippen LogP contribution in [0.25, 0.3) is 0 Å². The number of aryl methyl sites for hydroxylation is 1. The highest BCUT2D eigenvalue weighted by Crippen LogP contribution is 2.26. The van der Waals surface area contributed by atoms with Crippen LogP contribution in [-0.2, 0) is 0 Å². The van der Waals surface area contributed by atoms with Gasteiger partial charge in [-0.25, -0.2) is 4.98 Å². The van der Waals surface area contributed by atoms with Crippen molar-refractivity contribution in [3.63, 3.8) is 0 Å². The van der Waals surface area contributed by atoms with Gasteiger partial charge >= 0.3 is 0 Å². The van der Waals surface area contributed by atoms with Crippen LogP contribution in [0.4, 0.5) is 5.95 Å². The molecule has 1 aromatic rings. The highest BCUT2D eigenvalue weighted by atomic mass is 79.9. The second-order valence-corrected chi connectivity index (χ2v) is 6.05. The molecule has 0 amide bonds. The summed E-state index contributed by atoms with van der Waals surface area (Å²) in [5.41, 5.74) is 0.967. The van der Waals surface area contributed by atoms with E-state index >= 15 is 0 Å². The molecule has 5 heteroatoms. The van der Waals surface area contributed by atoms with Crippen molar-refractivity contribution in [2.24, 2.45) is 0 Å². The van der Waals surface area contributed by atoms with Crippen molar-refractivity contribution in [1.29, 1.82) is 0 Å². The van der Waals surface area contributed by atoms with Crippen LogP contribution in [0.5, 0.6) is 5.88 Å². The number of hydrogen-bond donors (Lipinski definition) is 0. The maximum absolute atomic E-state index is 5.55. The van der Waals surface area contributed by atoms with Gasteiger partial charge in [0.2, 0.25) is 11.8 Å². The molecule has 0 saturated heterocycles. The fraction of sp³-hybridized carbons (Fsp3) is 0.733. The molecule has 112 valence electrons. The molecule has 1 aliphatic rings. The van der Waals surface area contributed by atoms with E-state index in [1.807, 2.05) is 19.9 Å². The molecular weight excluding hydrogens is 318 g/mol. The monoisotopic (exact) mass is 341 g/mol. The van der Waals surface area contributed by atoms with Gasteiger partial charge in [-0.3, -0.25) is 0 Å². The summed E-state index contributed by atoms with van der Waals surface area (Å²) < 4.78 is 5.55. The van der Waals surface area contributed by atoms with E-state index in [2.05, 4.69) is 30.8 Å². The van der Waals surface area contributed by atoms with Crippen molar-refractivity contribution in [2.75, 3.05) is 23.4 Å². The lowest BCUT2D eigenvalue weighted by molar-refractivity contribution is 0.325. The van der Waals surface area contributed by atoms with E-state index in [9.17, 15) is 0 Å². The Morgan fingerprint density at radius 2 is 2.05 bits per heavy atom. The summed E-state index contributed by atoms with van der Waals surface area (Å²) in [7, 11) is 0. The summed E-state index contributed by atoms with van der Waals surface area (Å²) in [6.07, 6.45) is 6.47. The van der Waals surface area contributed by atoms with Gasteiger partial charge in [-0.05, 0) is 26.7 Å². The summed E-state index contributed by atoms with van der Waals surface area (Å²) >= 11 is 3.55. The Balaban J connectivity index is 2.22. The number of hydrogen-bond acceptors (Lipinski definition) is 4. The minimum Gasteiger partial charge on any atom is -0.478 e. The molecule has 0 unspecified atom stereocenters. The summed E-state index contributed by atoms with van der Waals surface area (Å²) in [5.74, 6) is 1.50. The van der Waals surface area contributed by atoms with Crippen LogP contribution < -0.4 is 9.64 Å². The normalized spacial score (nSPS) is 16.1. The predicted molar refractivity (Wildman–Crippen MR) is 86.0 cm³/mol. The molecule has 1 saturated carbocycles. The van der Waals surface area contributed by atoms with Crippen molar-refractivity contribution in [1.82, 2.24) is 9.97 Å². The first kappa shape index (κ1) is 15.5. The van der Waals surface area contributed by atoms with E-state index < -0.39 is 0 Å². The van der Waals surface area contributed by atoms with E-state index in [0.29, 0.717) is 18.5 Å². The lowest BCUT2D eigenvalue weighted by atomic mass is 9.94. The SMILES string of the molecule is CCOc1cc(C)nc(N(CCBr)C2CCCCC2)n1. The fourth-order valence-corrected chi connectivity index (χ4v) is 3.19. The first-order valence-electron chi connectivity index (χ1n) is 7.55. The van der Waals surface area contributed by atoms with Crippen LogP contribution in [0.1, 0.15) is 44.7 Å². The van der Waals surface area contributed by atoms with E-state index in [1.165, 1.54) is 32.1 Å². The summed E-state index contributed by atoms with van der Waals surface area (Å²) in [6, 6.07) is 2.47. The summed E-state index contributed by atoms with van der Waals surface area (Å²) in [5, 5.41) is 0.935. The quantitative estimate of drug-likeness (QED) is 0.739. The molecule has 0 aromatic carbocycles. The van der Waals surface area contributed by atoms with E-state index in [-0.39, 0.29) is 0 Å². The number of anilines is 1. The number of nitrogens with zero attached hydrogens (tertiary/aromatic N) is 3. The minimum atomic E-state index is 0.567. The van der Waals surface area contributed by atoms with Gasteiger partial charge in [-0.15, -0.1) is 0 Å². The minimum absolute atomic E-state index is 0.567. The molecule has 0 bridgehead atoms. The van der Waals surface area contributed by atoms with Crippen LogP contribution in [0.2, 0.25) is 0 Å². The molecule has 1 aromatic heterocycles. The van der Waals surface area contributed by atoms with Crippen LogP contribution in [-0.4, -0.2) is 34.5 Å². The van der Waals surface area contributed by atoms with Gasteiger partial charge in [0, 0.05) is 29.7 Å². The molecule has 0 spiro atoms. The smallest absolute Gasteiger partial charge is 0.229 e. The Morgan fingerprint density at radius 1 is 1.30 bits per heavy atom. The first-order valence-corrected chi connectivity index (χ1v) is 8.67. The standard InChI is InChI=1S/C15H24BrN3O/c1-3-20-14-11-12(2)17-15(18-14)19(10-9-16)13-7-5-4-6-8-13/h11,13H,3-10H2,1-2H3. The zero-order valence-electron chi connectivity index (χ0n) is 12.4. The summed E-state index contributed by atoms with van der Waals surface area (Å²) in [4.78, 5) is 11.6. The Labute approximate surface area is 130 Å². The van der Waals surface area contributed by atoms with Gasteiger partial charge in [-0.1, -0.05) is 35.2 Å². The second-order valence-electron chi connectivity index (χ2n) is 5.25. The lowest BCUT2D eigenvalue weighted by Gasteiger charge is -2.34. The van der Waals surface area contributed by atoms with E-state index in [4.69, 9.17) is 4.74 Å². The molecule has 20 heavy (non-hydrogen) atoms. The Kier molecular flexibility index (Phi) is 6.07. The number of rotatable bonds is 6. The van der Waals surface area contributed by atoms with Gasteiger partial charge in [0.15, 0.2) is 0 Å². The van der Waals surface area contributed by atoms with Crippen molar-refractivity contribution >= 4 is 21.9 Å². The number of aromatic nitrogens is 2. The Bertz CT molecular complexity index is 422. The third-order valence-electron chi connectivity index (χ3n) is 3.71. The van der Waals surface area contributed by atoms with Crippen LogP contribution in [0.3, 0.4) is 0 Å². The third-order valence-corrected chi connectivity index (χ3v) is 4.06. The highest BCUT2D eigenvalue weighted by molar-refractivity contribution is 9.09. The molecule has 0 N–H and O–H groups in total. The molecule has 2 rings (SSSR count). The largest absolute Gasteiger partial charge is 0.478 e. The molecule has 1 fully saturated rings. The number of ether oxygens (including phenoxy) is 1. The lowest BCUT2D eigenvalue weighted by Crippen LogP contribution is -2.39. The van der Waals surface area contributed by atoms with Crippen molar-refractivity contribution in [2.45, 2.75) is 52.0 Å². The molecule has 1 aliphatic carbocycles. The van der Waals surface area contributed by atoms with E-state index in [1.54, 1.807) is 0 Å². The van der Waals surface area contributed by atoms with Crippen LogP contribution in [0.15, 0.2) is 6.07 Å². The maximum Gasteiger partial charge on any atom is 0.229 e. The topological polar surface area (TPSA) is 38.2 Å². The third kappa shape index (κ3) is 4.08. The van der Waals surface area contributed by atoms with Gasteiger partial charge in [0.1, 0.15) is 0 Å². The fourth-order valence-electron chi connectivity index (χ4n) is 2.80. The predicted octanol–water partition coefficient (Wildman–Crippen LogP) is 3.72. The highest BCUT2D eigenvalue weighted by Gasteiger charge is 2.23. The van der Waals surface area contributed by atoms with E-state index in [0.717, 1.165) is 23.5 Å². The number of alkyl halides is 1. The van der Waals surface area contributed by atoms with Gasteiger partial charge in [0.05, 0.1) is 6.61 Å². The molecule has 4 nitrogen and oxygen atoms in total. The maximum atomic E-state index is 5.55. The molecule has 1 heterocycles. The number of halogens is 1. The average Bonchev–Trinajstić information content (AvgIpc) is 2.45. The van der Waals surface area contributed by atoms with Gasteiger partial charge < -0.3 is 9.64 Å². The molecule has 0 atom stereocenters. The van der Waals surface area contributed by atoms with Crippen molar-refractivity contribution in [3.8, 4) is 5.88 Å². The zero-order chi connectivity index (χ0) is 14.4. The second kappa shape index (κ2) is 7.81. The van der Waals surface area contributed by atoms with Crippen molar-refractivity contribution in [3.05, 3.63) is 11.8 Å².